The number of ether oxygens (including phenoxy) is 2. The van der Waals surface area contributed by atoms with Gasteiger partial charge in [-0.25, -0.2) is 8.42 Å². The monoisotopic (exact) mass is 381 g/mol. The molecule has 4 rings (SSSR count). The minimum Gasteiger partial charge on any atom is -0.493 e. The van der Waals surface area contributed by atoms with Crippen LogP contribution in [0.25, 0.3) is 11.1 Å². The van der Waals surface area contributed by atoms with E-state index in [9.17, 15) is 8.42 Å². The molecule has 0 bridgehead atoms. The van der Waals surface area contributed by atoms with Gasteiger partial charge >= 0.3 is 0 Å². The van der Waals surface area contributed by atoms with Crippen molar-refractivity contribution in [1.82, 2.24) is 4.72 Å². The Balaban J connectivity index is 1.76. The SMILES string of the molecule is COc1ccc(S(=O)(=O)NC2c3ccccc3-c3ccccc32)cc1OC. The summed E-state index contributed by atoms with van der Waals surface area (Å²) in [6.07, 6.45) is 0. The summed E-state index contributed by atoms with van der Waals surface area (Å²) in [4.78, 5) is 0.127. The van der Waals surface area contributed by atoms with Gasteiger partial charge in [0.1, 0.15) is 0 Å². The van der Waals surface area contributed by atoms with Gasteiger partial charge in [-0.15, -0.1) is 0 Å². The number of hydrogen-bond acceptors (Lipinski definition) is 4. The maximum Gasteiger partial charge on any atom is 0.241 e. The van der Waals surface area contributed by atoms with Crippen LogP contribution in [0.1, 0.15) is 17.2 Å². The molecule has 138 valence electrons. The predicted octanol–water partition coefficient (Wildman–Crippen LogP) is 3.75. The largest absolute Gasteiger partial charge is 0.493 e. The van der Waals surface area contributed by atoms with E-state index in [-0.39, 0.29) is 4.90 Å². The van der Waals surface area contributed by atoms with Gasteiger partial charge in [-0.05, 0) is 34.4 Å². The highest BCUT2D eigenvalue weighted by molar-refractivity contribution is 7.89. The first-order valence-electron chi connectivity index (χ1n) is 8.48. The molecule has 0 heterocycles. The van der Waals surface area contributed by atoms with Gasteiger partial charge in [0.25, 0.3) is 0 Å². The number of fused-ring (bicyclic) bond motifs is 3. The van der Waals surface area contributed by atoms with Gasteiger partial charge in [-0.2, -0.15) is 4.72 Å². The molecular weight excluding hydrogens is 362 g/mol. The molecule has 0 saturated heterocycles. The number of nitrogens with one attached hydrogen (secondary N) is 1. The molecule has 0 saturated carbocycles. The predicted molar refractivity (Wildman–Crippen MR) is 104 cm³/mol. The maximum atomic E-state index is 13.1. The van der Waals surface area contributed by atoms with E-state index in [1.54, 1.807) is 6.07 Å². The van der Waals surface area contributed by atoms with E-state index in [2.05, 4.69) is 4.72 Å². The molecule has 0 radical (unpaired) electrons. The third kappa shape index (κ3) is 2.97. The lowest BCUT2D eigenvalue weighted by Gasteiger charge is -2.17. The fourth-order valence-electron chi connectivity index (χ4n) is 3.49. The second-order valence-electron chi connectivity index (χ2n) is 6.25. The van der Waals surface area contributed by atoms with Gasteiger partial charge < -0.3 is 9.47 Å². The van der Waals surface area contributed by atoms with Crippen molar-refractivity contribution in [3.8, 4) is 22.6 Å². The molecule has 1 aliphatic rings. The van der Waals surface area contributed by atoms with Crippen LogP contribution in [0.2, 0.25) is 0 Å². The summed E-state index contributed by atoms with van der Waals surface area (Å²) in [5.41, 5.74) is 3.99. The van der Waals surface area contributed by atoms with Crippen LogP contribution in [-0.2, 0) is 10.0 Å². The van der Waals surface area contributed by atoms with Crippen molar-refractivity contribution in [1.29, 1.82) is 0 Å². The van der Waals surface area contributed by atoms with E-state index >= 15 is 0 Å². The molecule has 0 aliphatic heterocycles. The molecule has 6 heteroatoms. The van der Waals surface area contributed by atoms with Crippen molar-refractivity contribution in [2.45, 2.75) is 10.9 Å². The Morgan fingerprint density at radius 3 is 1.89 bits per heavy atom. The van der Waals surface area contributed by atoms with Crippen LogP contribution < -0.4 is 14.2 Å². The van der Waals surface area contributed by atoms with Gasteiger partial charge in [0, 0.05) is 6.07 Å². The fourth-order valence-corrected chi connectivity index (χ4v) is 4.70. The quantitative estimate of drug-likeness (QED) is 0.731. The second-order valence-corrected chi connectivity index (χ2v) is 7.96. The van der Waals surface area contributed by atoms with Crippen LogP contribution in [-0.4, -0.2) is 22.6 Å². The van der Waals surface area contributed by atoms with E-state index < -0.39 is 16.1 Å². The number of benzene rings is 3. The standard InChI is InChI=1S/C21H19NO4S/c1-25-19-12-11-14(13-20(19)26-2)27(23,24)22-21-17-9-5-3-7-15(17)16-8-4-6-10-18(16)21/h3-13,21-22H,1-2H3. The average Bonchev–Trinajstić information content (AvgIpc) is 3.01. The minimum absolute atomic E-state index is 0.127. The van der Waals surface area contributed by atoms with E-state index in [1.807, 2.05) is 48.5 Å². The smallest absolute Gasteiger partial charge is 0.241 e. The Labute approximate surface area is 158 Å². The van der Waals surface area contributed by atoms with Crippen molar-refractivity contribution >= 4 is 10.0 Å². The third-order valence-corrected chi connectivity index (χ3v) is 6.19. The van der Waals surface area contributed by atoms with Crippen molar-refractivity contribution in [3.63, 3.8) is 0 Å². The molecule has 27 heavy (non-hydrogen) atoms. The first-order valence-corrected chi connectivity index (χ1v) is 9.96. The summed E-state index contributed by atoms with van der Waals surface area (Å²) in [7, 11) is -0.784. The molecule has 5 nitrogen and oxygen atoms in total. The molecule has 3 aromatic carbocycles. The van der Waals surface area contributed by atoms with Gasteiger partial charge in [-0.3, -0.25) is 0 Å². The Morgan fingerprint density at radius 1 is 0.778 bits per heavy atom. The molecule has 0 aromatic heterocycles. The Morgan fingerprint density at radius 2 is 1.33 bits per heavy atom. The maximum absolute atomic E-state index is 13.1. The summed E-state index contributed by atoms with van der Waals surface area (Å²) in [5, 5.41) is 0. The number of sulfonamides is 1. The van der Waals surface area contributed by atoms with Crippen molar-refractivity contribution in [2.24, 2.45) is 0 Å². The van der Waals surface area contributed by atoms with E-state index in [0.717, 1.165) is 22.3 Å². The molecule has 0 fully saturated rings. The minimum atomic E-state index is -3.77. The summed E-state index contributed by atoms with van der Waals surface area (Å²) in [5.74, 6) is 0.848. The van der Waals surface area contributed by atoms with Crippen molar-refractivity contribution in [2.75, 3.05) is 14.2 Å². The Bertz CT molecular complexity index is 1060. The zero-order valence-corrected chi connectivity index (χ0v) is 15.8. The lowest BCUT2D eigenvalue weighted by molar-refractivity contribution is 0.354. The summed E-state index contributed by atoms with van der Waals surface area (Å²) >= 11 is 0. The fraction of sp³-hybridized carbons (Fsp3) is 0.143. The number of methoxy groups -OCH3 is 2. The lowest BCUT2D eigenvalue weighted by Crippen LogP contribution is -2.28. The molecule has 1 aliphatic carbocycles. The average molecular weight is 381 g/mol. The Hall–Kier alpha value is -2.83. The summed E-state index contributed by atoms with van der Waals surface area (Å²) in [6, 6.07) is 19.8. The van der Waals surface area contributed by atoms with Gasteiger partial charge in [0.2, 0.25) is 10.0 Å². The third-order valence-electron chi connectivity index (χ3n) is 4.77. The molecular formula is C21H19NO4S. The topological polar surface area (TPSA) is 64.6 Å². The molecule has 0 atom stereocenters. The normalized spacial score (nSPS) is 13.1. The van der Waals surface area contributed by atoms with E-state index in [4.69, 9.17) is 9.47 Å². The zero-order chi connectivity index (χ0) is 19.0. The number of rotatable bonds is 5. The molecule has 1 N–H and O–H groups in total. The molecule has 3 aromatic rings. The van der Waals surface area contributed by atoms with Crippen LogP contribution in [0.3, 0.4) is 0 Å². The van der Waals surface area contributed by atoms with Crippen LogP contribution in [0.4, 0.5) is 0 Å². The summed E-state index contributed by atoms with van der Waals surface area (Å²) < 4.78 is 39.4. The van der Waals surface area contributed by atoms with Crippen LogP contribution in [0.15, 0.2) is 71.6 Å². The van der Waals surface area contributed by atoms with Gasteiger partial charge in [-0.1, -0.05) is 48.5 Å². The van der Waals surface area contributed by atoms with Crippen LogP contribution in [0, 0.1) is 0 Å². The second kappa shape index (κ2) is 6.72. The van der Waals surface area contributed by atoms with Crippen molar-refractivity contribution in [3.05, 3.63) is 77.9 Å². The van der Waals surface area contributed by atoms with Gasteiger partial charge in [0.15, 0.2) is 11.5 Å². The molecule has 0 amide bonds. The summed E-state index contributed by atoms with van der Waals surface area (Å²) in [6.45, 7) is 0. The highest BCUT2D eigenvalue weighted by atomic mass is 32.2. The van der Waals surface area contributed by atoms with Gasteiger partial charge in [0.05, 0.1) is 25.2 Å². The highest BCUT2D eigenvalue weighted by Gasteiger charge is 2.32. The first kappa shape index (κ1) is 17.6. The van der Waals surface area contributed by atoms with Crippen molar-refractivity contribution < 1.29 is 17.9 Å². The van der Waals surface area contributed by atoms with E-state index in [0.29, 0.717) is 11.5 Å². The molecule has 0 unspecified atom stereocenters. The number of hydrogen-bond donors (Lipinski definition) is 1. The van der Waals surface area contributed by atoms with E-state index in [1.165, 1.54) is 26.4 Å². The Kier molecular flexibility index (Phi) is 4.37. The lowest BCUT2D eigenvalue weighted by atomic mass is 10.1. The first-order chi connectivity index (χ1) is 13.0. The van der Waals surface area contributed by atoms with Crippen LogP contribution in [0.5, 0.6) is 11.5 Å². The van der Waals surface area contributed by atoms with Crippen LogP contribution >= 0.6 is 0 Å². The highest BCUT2D eigenvalue weighted by Crippen LogP contribution is 2.43. The molecule has 0 spiro atoms. The zero-order valence-electron chi connectivity index (χ0n) is 15.0.